The fraction of sp³-hybridized carbons (Fsp3) is 0.294. The fourth-order valence-electron chi connectivity index (χ4n) is 2.19. The van der Waals surface area contributed by atoms with Gasteiger partial charge in [0.25, 0.3) is 0 Å². The molecule has 21 heavy (non-hydrogen) atoms. The van der Waals surface area contributed by atoms with Crippen molar-refractivity contribution in [3.63, 3.8) is 0 Å². The molecule has 0 aromatic heterocycles. The van der Waals surface area contributed by atoms with Crippen molar-refractivity contribution in [2.24, 2.45) is 5.73 Å². The first-order valence-electron chi connectivity index (χ1n) is 6.84. The largest absolute Gasteiger partial charge is 0.496 e. The van der Waals surface area contributed by atoms with E-state index >= 15 is 0 Å². The van der Waals surface area contributed by atoms with Crippen LogP contribution in [-0.2, 0) is 0 Å². The van der Waals surface area contributed by atoms with Crippen molar-refractivity contribution in [2.45, 2.75) is 26.0 Å². The van der Waals surface area contributed by atoms with Crippen LogP contribution in [0.2, 0.25) is 5.02 Å². The van der Waals surface area contributed by atoms with Gasteiger partial charge in [0.2, 0.25) is 0 Å². The van der Waals surface area contributed by atoms with Crippen molar-refractivity contribution in [2.75, 3.05) is 7.11 Å². The number of hydrogen-bond donors (Lipinski definition) is 1. The van der Waals surface area contributed by atoms with Crippen LogP contribution in [0.15, 0.2) is 42.5 Å². The van der Waals surface area contributed by atoms with Crippen molar-refractivity contribution in [1.29, 1.82) is 0 Å². The minimum atomic E-state index is -0.332. The van der Waals surface area contributed by atoms with Gasteiger partial charge in [-0.2, -0.15) is 0 Å². The molecule has 3 nitrogen and oxygen atoms in total. The first kappa shape index (κ1) is 15.7. The first-order chi connectivity index (χ1) is 10.0. The maximum absolute atomic E-state index is 6.24. The minimum absolute atomic E-state index is 0.210. The second-order valence-corrected chi connectivity index (χ2v) is 5.48. The molecule has 0 saturated heterocycles. The van der Waals surface area contributed by atoms with E-state index in [1.54, 1.807) is 7.11 Å². The van der Waals surface area contributed by atoms with E-state index in [1.807, 2.05) is 56.3 Å². The van der Waals surface area contributed by atoms with E-state index in [0.717, 1.165) is 16.9 Å². The summed E-state index contributed by atoms with van der Waals surface area (Å²) in [6, 6.07) is 13.2. The SMILES string of the molecule is COc1ccccc1C(Oc1ccc(C)cc1Cl)C(C)N. The zero-order valence-electron chi connectivity index (χ0n) is 12.5. The highest BCUT2D eigenvalue weighted by molar-refractivity contribution is 6.32. The normalized spacial score (nSPS) is 13.6. The molecule has 0 bridgehead atoms. The molecule has 0 aliphatic heterocycles. The van der Waals surface area contributed by atoms with Crippen LogP contribution in [0.3, 0.4) is 0 Å². The summed E-state index contributed by atoms with van der Waals surface area (Å²) >= 11 is 6.24. The molecule has 0 heterocycles. The number of benzene rings is 2. The quantitative estimate of drug-likeness (QED) is 0.903. The summed E-state index contributed by atoms with van der Waals surface area (Å²) in [5.74, 6) is 1.37. The molecule has 0 aliphatic rings. The summed E-state index contributed by atoms with van der Waals surface area (Å²) in [5, 5.41) is 0.579. The monoisotopic (exact) mass is 305 g/mol. The summed E-state index contributed by atoms with van der Waals surface area (Å²) in [5.41, 5.74) is 8.09. The highest BCUT2D eigenvalue weighted by Crippen LogP contribution is 2.34. The van der Waals surface area contributed by atoms with E-state index < -0.39 is 0 Å². The Bertz CT molecular complexity index is 613. The third-order valence-electron chi connectivity index (χ3n) is 3.26. The predicted molar refractivity (Wildman–Crippen MR) is 86.2 cm³/mol. The number of para-hydroxylation sites is 1. The Hall–Kier alpha value is -1.71. The van der Waals surface area contributed by atoms with Crippen LogP contribution in [0, 0.1) is 6.92 Å². The molecule has 0 amide bonds. The highest BCUT2D eigenvalue weighted by Gasteiger charge is 2.22. The van der Waals surface area contributed by atoms with E-state index in [1.165, 1.54) is 0 Å². The highest BCUT2D eigenvalue weighted by atomic mass is 35.5. The van der Waals surface area contributed by atoms with Gasteiger partial charge in [0.1, 0.15) is 17.6 Å². The molecule has 0 radical (unpaired) electrons. The lowest BCUT2D eigenvalue weighted by atomic mass is 10.0. The lowest BCUT2D eigenvalue weighted by Gasteiger charge is -2.25. The Balaban J connectivity index is 2.36. The van der Waals surface area contributed by atoms with Crippen molar-refractivity contribution in [3.05, 3.63) is 58.6 Å². The molecule has 112 valence electrons. The average Bonchev–Trinajstić information content (AvgIpc) is 2.46. The van der Waals surface area contributed by atoms with Crippen molar-refractivity contribution >= 4 is 11.6 Å². The third-order valence-corrected chi connectivity index (χ3v) is 3.56. The fourth-order valence-corrected chi connectivity index (χ4v) is 2.47. The van der Waals surface area contributed by atoms with E-state index in [-0.39, 0.29) is 12.1 Å². The van der Waals surface area contributed by atoms with Gasteiger partial charge in [0.15, 0.2) is 0 Å². The first-order valence-corrected chi connectivity index (χ1v) is 7.22. The molecule has 2 rings (SSSR count). The second-order valence-electron chi connectivity index (χ2n) is 5.07. The van der Waals surface area contributed by atoms with Crippen LogP contribution in [0.1, 0.15) is 24.2 Å². The molecule has 2 unspecified atom stereocenters. The molecular formula is C17H20ClNO2. The molecule has 0 saturated carbocycles. The average molecular weight is 306 g/mol. The molecule has 0 fully saturated rings. The number of methoxy groups -OCH3 is 1. The van der Waals surface area contributed by atoms with Crippen LogP contribution in [0.4, 0.5) is 0 Å². The van der Waals surface area contributed by atoms with Gasteiger partial charge in [-0.05, 0) is 37.6 Å². The smallest absolute Gasteiger partial charge is 0.142 e. The maximum Gasteiger partial charge on any atom is 0.142 e. The molecule has 2 N–H and O–H groups in total. The predicted octanol–water partition coefficient (Wildman–Crippen LogP) is 4.12. The minimum Gasteiger partial charge on any atom is -0.496 e. The number of ether oxygens (including phenoxy) is 2. The lowest BCUT2D eigenvalue weighted by Crippen LogP contribution is -2.29. The third kappa shape index (κ3) is 3.69. The molecule has 0 spiro atoms. The number of rotatable bonds is 5. The summed E-state index contributed by atoms with van der Waals surface area (Å²) in [4.78, 5) is 0. The van der Waals surface area contributed by atoms with Gasteiger partial charge in [-0.25, -0.2) is 0 Å². The van der Waals surface area contributed by atoms with Gasteiger partial charge in [0.05, 0.1) is 12.1 Å². The zero-order valence-corrected chi connectivity index (χ0v) is 13.2. The van der Waals surface area contributed by atoms with Gasteiger partial charge in [0, 0.05) is 11.6 Å². The van der Waals surface area contributed by atoms with E-state index in [2.05, 4.69) is 0 Å². The summed E-state index contributed by atoms with van der Waals surface area (Å²) in [6.07, 6.45) is -0.332. The van der Waals surface area contributed by atoms with Crippen molar-refractivity contribution in [1.82, 2.24) is 0 Å². The number of nitrogens with two attached hydrogens (primary N) is 1. The summed E-state index contributed by atoms with van der Waals surface area (Å²) in [7, 11) is 1.63. The lowest BCUT2D eigenvalue weighted by molar-refractivity contribution is 0.176. The standard InChI is InChI=1S/C17H20ClNO2/c1-11-8-9-16(14(18)10-11)21-17(12(2)19)13-6-4-5-7-15(13)20-3/h4-10,12,17H,19H2,1-3H3. The second kappa shape index (κ2) is 6.83. The topological polar surface area (TPSA) is 44.5 Å². The summed E-state index contributed by atoms with van der Waals surface area (Å²) in [6.45, 7) is 3.89. The molecule has 2 atom stereocenters. The van der Waals surface area contributed by atoms with Crippen LogP contribution >= 0.6 is 11.6 Å². The van der Waals surface area contributed by atoms with Crippen LogP contribution < -0.4 is 15.2 Å². The molecule has 2 aromatic carbocycles. The maximum atomic E-state index is 6.24. The van der Waals surface area contributed by atoms with E-state index in [0.29, 0.717) is 10.8 Å². The molecule has 2 aromatic rings. The number of halogens is 1. The molecule has 4 heteroatoms. The van der Waals surface area contributed by atoms with Gasteiger partial charge in [-0.1, -0.05) is 35.9 Å². The summed E-state index contributed by atoms with van der Waals surface area (Å²) < 4.78 is 11.4. The Morgan fingerprint density at radius 1 is 1.10 bits per heavy atom. The van der Waals surface area contributed by atoms with Crippen molar-refractivity contribution < 1.29 is 9.47 Å². The number of aryl methyl sites for hydroxylation is 1. The van der Waals surface area contributed by atoms with Gasteiger partial charge < -0.3 is 15.2 Å². The van der Waals surface area contributed by atoms with Crippen molar-refractivity contribution in [3.8, 4) is 11.5 Å². The number of hydrogen-bond acceptors (Lipinski definition) is 3. The Morgan fingerprint density at radius 2 is 1.81 bits per heavy atom. The van der Waals surface area contributed by atoms with Crippen LogP contribution in [0.25, 0.3) is 0 Å². The van der Waals surface area contributed by atoms with Gasteiger partial charge in [-0.15, -0.1) is 0 Å². The van der Waals surface area contributed by atoms with E-state index in [4.69, 9.17) is 26.8 Å². The zero-order chi connectivity index (χ0) is 15.4. The van der Waals surface area contributed by atoms with Crippen LogP contribution in [-0.4, -0.2) is 13.2 Å². The molecule has 0 aliphatic carbocycles. The Kier molecular flexibility index (Phi) is 5.10. The van der Waals surface area contributed by atoms with Gasteiger partial charge in [-0.3, -0.25) is 0 Å². The van der Waals surface area contributed by atoms with Gasteiger partial charge >= 0.3 is 0 Å². The Labute approximate surface area is 130 Å². The van der Waals surface area contributed by atoms with E-state index in [9.17, 15) is 0 Å². The Morgan fingerprint density at radius 3 is 2.43 bits per heavy atom. The van der Waals surface area contributed by atoms with Crippen LogP contribution in [0.5, 0.6) is 11.5 Å². The molecular weight excluding hydrogens is 286 g/mol.